The number of hydrogen-bond acceptors (Lipinski definition) is 1. The van der Waals surface area contributed by atoms with E-state index in [4.69, 9.17) is 0 Å². The SMILES string of the molecule is CC1CC1(CNC(C)(C)C)c1ccc(F)cc1. The van der Waals surface area contributed by atoms with Gasteiger partial charge in [0, 0.05) is 17.5 Å². The van der Waals surface area contributed by atoms with Crippen molar-refractivity contribution in [3.05, 3.63) is 35.6 Å². The topological polar surface area (TPSA) is 12.0 Å². The molecule has 0 radical (unpaired) electrons. The lowest BCUT2D eigenvalue weighted by Crippen LogP contribution is -2.41. The number of hydrogen-bond donors (Lipinski definition) is 1. The zero-order valence-corrected chi connectivity index (χ0v) is 11.2. The summed E-state index contributed by atoms with van der Waals surface area (Å²) in [5.41, 5.74) is 1.62. The third-order valence-electron chi connectivity index (χ3n) is 3.81. The van der Waals surface area contributed by atoms with Gasteiger partial charge >= 0.3 is 0 Å². The van der Waals surface area contributed by atoms with Gasteiger partial charge in [0.05, 0.1) is 0 Å². The second-order valence-electron chi connectivity index (χ2n) is 6.37. The predicted octanol–water partition coefficient (Wildman–Crippen LogP) is 3.49. The van der Waals surface area contributed by atoms with Gasteiger partial charge in [-0.25, -0.2) is 4.39 Å². The van der Waals surface area contributed by atoms with Crippen LogP contribution >= 0.6 is 0 Å². The second kappa shape index (κ2) is 4.09. The second-order valence-corrected chi connectivity index (χ2v) is 6.37. The van der Waals surface area contributed by atoms with Crippen LogP contribution in [0.15, 0.2) is 24.3 Å². The van der Waals surface area contributed by atoms with Crippen LogP contribution in [0.4, 0.5) is 4.39 Å². The van der Waals surface area contributed by atoms with Crippen LogP contribution in [0.25, 0.3) is 0 Å². The maximum Gasteiger partial charge on any atom is 0.123 e. The van der Waals surface area contributed by atoms with Crippen molar-refractivity contribution in [1.82, 2.24) is 5.32 Å². The fourth-order valence-corrected chi connectivity index (χ4v) is 2.44. The quantitative estimate of drug-likeness (QED) is 0.845. The van der Waals surface area contributed by atoms with Crippen LogP contribution in [0.3, 0.4) is 0 Å². The van der Waals surface area contributed by atoms with E-state index in [9.17, 15) is 4.39 Å². The van der Waals surface area contributed by atoms with Gasteiger partial charge in [-0.05, 0) is 50.8 Å². The normalized spacial score (nSPS) is 28.2. The summed E-state index contributed by atoms with van der Waals surface area (Å²) in [6.45, 7) is 9.78. The molecule has 1 aliphatic carbocycles. The molecular weight excluding hydrogens is 213 g/mol. The lowest BCUT2D eigenvalue weighted by molar-refractivity contribution is 0.391. The predicted molar refractivity (Wildman–Crippen MR) is 69.6 cm³/mol. The highest BCUT2D eigenvalue weighted by molar-refractivity contribution is 5.34. The van der Waals surface area contributed by atoms with Gasteiger partial charge in [-0.1, -0.05) is 19.1 Å². The maximum absolute atomic E-state index is 13.0. The monoisotopic (exact) mass is 235 g/mol. The summed E-state index contributed by atoms with van der Waals surface area (Å²) in [6.07, 6.45) is 1.20. The first-order valence-corrected chi connectivity index (χ1v) is 6.35. The lowest BCUT2D eigenvalue weighted by Gasteiger charge is -2.26. The van der Waals surface area contributed by atoms with Gasteiger partial charge in [0.2, 0.25) is 0 Å². The summed E-state index contributed by atoms with van der Waals surface area (Å²) in [6, 6.07) is 7.00. The first-order valence-electron chi connectivity index (χ1n) is 6.35. The smallest absolute Gasteiger partial charge is 0.123 e. The molecular formula is C15H22FN. The Kier molecular flexibility index (Phi) is 3.03. The minimum absolute atomic E-state index is 0.134. The Morgan fingerprint density at radius 1 is 1.29 bits per heavy atom. The molecule has 0 amide bonds. The third kappa shape index (κ3) is 2.68. The van der Waals surface area contributed by atoms with Crippen LogP contribution in [0, 0.1) is 11.7 Å². The largest absolute Gasteiger partial charge is 0.311 e. The highest BCUT2D eigenvalue weighted by Gasteiger charge is 2.52. The number of rotatable bonds is 3. The van der Waals surface area contributed by atoms with E-state index in [2.05, 4.69) is 33.0 Å². The lowest BCUT2D eigenvalue weighted by atomic mass is 9.92. The molecule has 1 aromatic carbocycles. The molecule has 1 aromatic rings. The molecule has 94 valence electrons. The van der Waals surface area contributed by atoms with Gasteiger partial charge in [-0.15, -0.1) is 0 Å². The summed E-state index contributed by atoms with van der Waals surface area (Å²) in [7, 11) is 0. The molecule has 0 saturated heterocycles. The molecule has 0 aliphatic heterocycles. The summed E-state index contributed by atoms with van der Waals surface area (Å²) in [4.78, 5) is 0. The number of benzene rings is 1. The molecule has 17 heavy (non-hydrogen) atoms. The van der Waals surface area contributed by atoms with Crippen molar-refractivity contribution in [2.24, 2.45) is 5.92 Å². The molecule has 2 unspecified atom stereocenters. The van der Waals surface area contributed by atoms with E-state index in [1.807, 2.05) is 12.1 Å². The van der Waals surface area contributed by atoms with Crippen molar-refractivity contribution >= 4 is 0 Å². The molecule has 1 aliphatic rings. The zero-order valence-electron chi connectivity index (χ0n) is 11.2. The first kappa shape index (κ1) is 12.6. The van der Waals surface area contributed by atoms with Crippen molar-refractivity contribution in [3.8, 4) is 0 Å². The van der Waals surface area contributed by atoms with Crippen molar-refractivity contribution in [2.45, 2.75) is 45.1 Å². The number of halogens is 1. The molecule has 1 nitrogen and oxygen atoms in total. The van der Waals surface area contributed by atoms with Crippen LogP contribution in [-0.4, -0.2) is 12.1 Å². The number of nitrogens with one attached hydrogen (secondary N) is 1. The van der Waals surface area contributed by atoms with Gasteiger partial charge in [-0.2, -0.15) is 0 Å². The van der Waals surface area contributed by atoms with E-state index in [0.717, 1.165) is 6.54 Å². The first-order chi connectivity index (χ1) is 7.83. The Bertz CT molecular complexity index is 390. The molecule has 0 bridgehead atoms. The third-order valence-corrected chi connectivity index (χ3v) is 3.81. The molecule has 2 heteroatoms. The molecule has 1 N–H and O–H groups in total. The Balaban J connectivity index is 2.13. The van der Waals surface area contributed by atoms with Crippen molar-refractivity contribution in [1.29, 1.82) is 0 Å². The zero-order chi connectivity index (χ0) is 12.7. The van der Waals surface area contributed by atoms with Crippen LogP contribution in [0.2, 0.25) is 0 Å². The molecule has 1 fully saturated rings. The fourth-order valence-electron chi connectivity index (χ4n) is 2.44. The van der Waals surface area contributed by atoms with Crippen LogP contribution in [0.1, 0.15) is 39.7 Å². The van der Waals surface area contributed by atoms with E-state index < -0.39 is 0 Å². The Morgan fingerprint density at radius 3 is 2.24 bits per heavy atom. The van der Waals surface area contributed by atoms with Crippen molar-refractivity contribution in [2.75, 3.05) is 6.54 Å². The van der Waals surface area contributed by atoms with Crippen molar-refractivity contribution in [3.63, 3.8) is 0 Å². The maximum atomic E-state index is 13.0. The van der Waals surface area contributed by atoms with Crippen LogP contribution < -0.4 is 5.32 Å². The average molecular weight is 235 g/mol. The average Bonchev–Trinajstić information content (AvgIpc) is 2.88. The highest BCUT2D eigenvalue weighted by atomic mass is 19.1. The van der Waals surface area contributed by atoms with Gasteiger partial charge in [0.25, 0.3) is 0 Å². The highest BCUT2D eigenvalue weighted by Crippen LogP contribution is 2.53. The molecule has 2 rings (SSSR count). The standard InChI is InChI=1S/C15H22FN/c1-11-9-15(11,10-17-14(2,3)4)12-5-7-13(16)8-6-12/h5-8,11,17H,9-10H2,1-4H3. The minimum atomic E-state index is -0.152. The van der Waals surface area contributed by atoms with E-state index in [-0.39, 0.29) is 16.8 Å². The van der Waals surface area contributed by atoms with Gasteiger partial charge in [-0.3, -0.25) is 0 Å². The van der Waals surface area contributed by atoms with Gasteiger partial charge in [0.15, 0.2) is 0 Å². The molecule has 0 heterocycles. The van der Waals surface area contributed by atoms with Gasteiger partial charge < -0.3 is 5.32 Å². The van der Waals surface area contributed by atoms with Crippen molar-refractivity contribution < 1.29 is 4.39 Å². The molecule has 1 saturated carbocycles. The van der Waals surface area contributed by atoms with E-state index in [0.29, 0.717) is 5.92 Å². The van der Waals surface area contributed by atoms with Gasteiger partial charge in [0.1, 0.15) is 5.82 Å². The van der Waals surface area contributed by atoms with Crippen LogP contribution in [-0.2, 0) is 5.41 Å². The molecule has 2 atom stereocenters. The summed E-state index contributed by atoms with van der Waals surface area (Å²) in [5, 5.41) is 3.57. The van der Waals surface area contributed by atoms with E-state index >= 15 is 0 Å². The summed E-state index contributed by atoms with van der Waals surface area (Å²) < 4.78 is 13.0. The Morgan fingerprint density at radius 2 is 1.82 bits per heavy atom. The molecule has 0 aromatic heterocycles. The molecule has 0 spiro atoms. The Labute approximate surface area is 103 Å². The fraction of sp³-hybridized carbons (Fsp3) is 0.600. The minimum Gasteiger partial charge on any atom is -0.311 e. The Hall–Kier alpha value is -0.890. The van der Waals surface area contributed by atoms with Crippen LogP contribution in [0.5, 0.6) is 0 Å². The van der Waals surface area contributed by atoms with E-state index in [1.54, 1.807) is 12.1 Å². The van der Waals surface area contributed by atoms with E-state index in [1.165, 1.54) is 12.0 Å². The summed E-state index contributed by atoms with van der Waals surface area (Å²) >= 11 is 0. The summed E-state index contributed by atoms with van der Waals surface area (Å²) in [5.74, 6) is 0.531.